The number of hydrogen-bond donors (Lipinski definition) is 2. The number of piperazine rings is 1. The Kier molecular flexibility index (Phi) is 3.30. The summed E-state index contributed by atoms with van der Waals surface area (Å²) in [6, 6.07) is 6.55. The van der Waals surface area contributed by atoms with Crippen molar-refractivity contribution < 1.29 is 4.79 Å². The zero-order valence-electron chi connectivity index (χ0n) is 11.9. The molecule has 5 heteroatoms. The molecule has 3 rings (SSSR count). The number of anilines is 2. The van der Waals surface area contributed by atoms with Crippen LogP contribution in [0.1, 0.15) is 30.1 Å². The van der Waals surface area contributed by atoms with Crippen molar-refractivity contribution in [1.82, 2.24) is 4.90 Å². The van der Waals surface area contributed by atoms with Crippen molar-refractivity contribution in [3.8, 4) is 0 Å². The molecule has 2 unspecified atom stereocenters. The first-order valence-electron chi connectivity index (χ1n) is 7.27. The number of fused-ring (bicyclic) bond motifs is 1. The maximum Gasteiger partial charge on any atom is 0.250 e. The number of benzene rings is 1. The van der Waals surface area contributed by atoms with E-state index in [4.69, 9.17) is 11.5 Å². The first-order valence-corrected chi connectivity index (χ1v) is 7.27. The Balaban J connectivity index is 1.92. The minimum atomic E-state index is -0.462. The van der Waals surface area contributed by atoms with Gasteiger partial charge in [-0.05, 0) is 38.4 Å². The Morgan fingerprint density at radius 3 is 2.90 bits per heavy atom. The van der Waals surface area contributed by atoms with Crippen LogP contribution in [0.4, 0.5) is 11.4 Å². The zero-order chi connectivity index (χ0) is 14.3. The molecule has 0 spiro atoms. The number of nitrogens with zero attached hydrogens (tertiary/aromatic N) is 2. The normalized spacial score (nSPS) is 26.6. The third kappa shape index (κ3) is 2.12. The average Bonchev–Trinajstić information content (AvgIpc) is 2.85. The maximum absolute atomic E-state index is 11.4. The zero-order valence-corrected chi connectivity index (χ0v) is 11.9. The smallest absolute Gasteiger partial charge is 0.250 e. The Morgan fingerprint density at radius 2 is 2.15 bits per heavy atom. The van der Waals surface area contributed by atoms with E-state index in [1.54, 1.807) is 6.07 Å². The fraction of sp³-hybridized carbons (Fsp3) is 0.533. The number of nitrogen functional groups attached to an aromatic ring is 1. The Bertz CT molecular complexity index is 531. The van der Waals surface area contributed by atoms with E-state index >= 15 is 0 Å². The van der Waals surface area contributed by atoms with Gasteiger partial charge in [-0.1, -0.05) is 6.07 Å². The van der Waals surface area contributed by atoms with Gasteiger partial charge in [-0.2, -0.15) is 0 Å². The fourth-order valence-corrected chi connectivity index (χ4v) is 3.54. The van der Waals surface area contributed by atoms with Crippen molar-refractivity contribution in [2.45, 2.75) is 31.8 Å². The van der Waals surface area contributed by atoms with Gasteiger partial charge in [0.05, 0.1) is 16.9 Å². The van der Waals surface area contributed by atoms with Crippen LogP contribution in [-0.2, 0) is 0 Å². The summed E-state index contributed by atoms with van der Waals surface area (Å²) in [6.45, 7) is 5.46. The molecule has 1 amide bonds. The summed E-state index contributed by atoms with van der Waals surface area (Å²) in [6.07, 6.45) is 2.53. The Morgan fingerprint density at radius 1 is 1.35 bits per heavy atom. The van der Waals surface area contributed by atoms with Gasteiger partial charge < -0.3 is 16.4 Å². The summed E-state index contributed by atoms with van der Waals surface area (Å²) >= 11 is 0. The molecule has 2 aliphatic heterocycles. The number of carbonyl (C=O) groups is 1. The summed E-state index contributed by atoms with van der Waals surface area (Å²) in [5.74, 6) is -0.462. The van der Waals surface area contributed by atoms with E-state index in [1.807, 2.05) is 12.1 Å². The highest BCUT2D eigenvalue weighted by Crippen LogP contribution is 2.33. The maximum atomic E-state index is 11.4. The molecule has 0 aromatic heterocycles. The van der Waals surface area contributed by atoms with E-state index in [2.05, 4.69) is 16.7 Å². The molecular formula is C15H22N4O. The molecule has 4 N–H and O–H groups in total. The predicted molar refractivity (Wildman–Crippen MR) is 80.8 cm³/mol. The number of carbonyl (C=O) groups excluding carboxylic acids is 1. The van der Waals surface area contributed by atoms with E-state index in [1.165, 1.54) is 19.4 Å². The molecular weight excluding hydrogens is 252 g/mol. The van der Waals surface area contributed by atoms with E-state index in [0.717, 1.165) is 18.8 Å². The van der Waals surface area contributed by atoms with Crippen LogP contribution in [-0.4, -0.2) is 42.5 Å². The third-order valence-electron chi connectivity index (χ3n) is 4.60. The van der Waals surface area contributed by atoms with Gasteiger partial charge in [0.15, 0.2) is 0 Å². The average molecular weight is 274 g/mol. The number of primary amides is 1. The minimum absolute atomic E-state index is 0.398. The number of rotatable bonds is 2. The predicted octanol–water partition coefficient (Wildman–Crippen LogP) is 1.04. The standard InChI is InChI=1S/C15H22N4O/c1-10-8-18-7-3-4-11(18)9-19(10)13-6-2-5-12(14(13)16)15(17)20/h2,5-6,10-11H,3-4,7-9,16H2,1H3,(H2,17,20). The second-order valence-electron chi connectivity index (χ2n) is 5.89. The van der Waals surface area contributed by atoms with Gasteiger partial charge in [0, 0.05) is 25.2 Å². The lowest BCUT2D eigenvalue weighted by atomic mass is 10.0. The van der Waals surface area contributed by atoms with E-state index in [-0.39, 0.29) is 0 Å². The van der Waals surface area contributed by atoms with Crippen molar-refractivity contribution in [3.05, 3.63) is 23.8 Å². The highest BCUT2D eigenvalue weighted by Gasteiger charge is 2.35. The molecule has 2 aliphatic rings. The summed E-state index contributed by atoms with van der Waals surface area (Å²) in [4.78, 5) is 16.3. The molecule has 0 bridgehead atoms. The summed E-state index contributed by atoms with van der Waals surface area (Å²) in [5.41, 5.74) is 13.4. The summed E-state index contributed by atoms with van der Waals surface area (Å²) in [7, 11) is 0. The Hall–Kier alpha value is -1.75. The third-order valence-corrected chi connectivity index (χ3v) is 4.60. The van der Waals surface area contributed by atoms with Crippen molar-refractivity contribution in [1.29, 1.82) is 0 Å². The topological polar surface area (TPSA) is 75.6 Å². The van der Waals surface area contributed by atoms with Gasteiger partial charge in [-0.25, -0.2) is 0 Å². The molecule has 20 heavy (non-hydrogen) atoms. The molecule has 5 nitrogen and oxygen atoms in total. The van der Waals surface area contributed by atoms with Crippen molar-refractivity contribution >= 4 is 17.3 Å². The van der Waals surface area contributed by atoms with Crippen LogP contribution in [0.2, 0.25) is 0 Å². The van der Waals surface area contributed by atoms with Gasteiger partial charge in [0.2, 0.25) is 0 Å². The number of hydrogen-bond acceptors (Lipinski definition) is 4. The minimum Gasteiger partial charge on any atom is -0.396 e. The van der Waals surface area contributed by atoms with Gasteiger partial charge in [-0.3, -0.25) is 9.69 Å². The lowest BCUT2D eigenvalue weighted by molar-refractivity contribution is 0.100. The number of amides is 1. The molecule has 2 heterocycles. The van der Waals surface area contributed by atoms with Crippen LogP contribution in [0.5, 0.6) is 0 Å². The lowest BCUT2D eigenvalue weighted by Crippen LogP contribution is -2.55. The van der Waals surface area contributed by atoms with Crippen molar-refractivity contribution in [3.63, 3.8) is 0 Å². The first-order chi connectivity index (χ1) is 9.58. The number of para-hydroxylation sites is 1. The van der Waals surface area contributed by atoms with Gasteiger partial charge in [0.25, 0.3) is 5.91 Å². The monoisotopic (exact) mass is 274 g/mol. The Labute approximate surface area is 119 Å². The molecule has 1 aromatic carbocycles. The van der Waals surface area contributed by atoms with Crippen LogP contribution in [0, 0.1) is 0 Å². The molecule has 108 valence electrons. The van der Waals surface area contributed by atoms with Gasteiger partial charge in [0.1, 0.15) is 0 Å². The van der Waals surface area contributed by atoms with Crippen LogP contribution in [0.15, 0.2) is 18.2 Å². The molecule has 0 aliphatic carbocycles. The molecule has 0 radical (unpaired) electrons. The van der Waals surface area contributed by atoms with Crippen LogP contribution < -0.4 is 16.4 Å². The van der Waals surface area contributed by atoms with E-state index in [9.17, 15) is 4.79 Å². The summed E-state index contributed by atoms with van der Waals surface area (Å²) in [5, 5.41) is 0. The molecule has 2 fully saturated rings. The van der Waals surface area contributed by atoms with Gasteiger partial charge in [-0.15, -0.1) is 0 Å². The van der Waals surface area contributed by atoms with Crippen molar-refractivity contribution in [2.24, 2.45) is 5.73 Å². The van der Waals surface area contributed by atoms with Crippen molar-refractivity contribution in [2.75, 3.05) is 30.3 Å². The molecule has 2 atom stereocenters. The lowest BCUT2D eigenvalue weighted by Gasteiger charge is -2.44. The first kappa shape index (κ1) is 13.2. The second-order valence-corrected chi connectivity index (χ2v) is 5.89. The quantitative estimate of drug-likeness (QED) is 0.790. The second kappa shape index (κ2) is 4.98. The molecule has 1 aromatic rings. The number of nitrogens with two attached hydrogens (primary N) is 2. The SMILES string of the molecule is CC1CN2CCCC2CN1c1cccc(C(N)=O)c1N. The summed E-state index contributed by atoms with van der Waals surface area (Å²) < 4.78 is 0. The van der Waals surface area contributed by atoms with Crippen LogP contribution in [0.25, 0.3) is 0 Å². The largest absolute Gasteiger partial charge is 0.396 e. The van der Waals surface area contributed by atoms with Crippen LogP contribution >= 0.6 is 0 Å². The molecule has 2 saturated heterocycles. The van der Waals surface area contributed by atoms with E-state index < -0.39 is 5.91 Å². The van der Waals surface area contributed by atoms with Crippen LogP contribution in [0.3, 0.4) is 0 Å². The fourth-order valence-electron chi connectivity index (χ4n) is 3.54. The molecule has 0 saturated carbocycles. The highest BCUT2D eigenvalue weighted by atomic mass is 16.1. The highest BCUT2D eigenvalue weighted by molar-refractivity contribution is 6.00. The van der Waals surface area contributed by atoms with Gasteiger partial charge >= 0.3 is 0 Å². The van der Waals surface area contributed by atoms with E-state index in [0.29, 0.717) is 23.3 Å².